The van der Waals surface area contributed by atoms with Crippen molar-refractivity contribution in [2.45, 2.75) is 44.2 Å². The molecule has 3 aromatic carbocycles. The standard InChI is InChI=1S/C33H34N4O4/c1-36-33(41)29-25-13-7-8-14-27(25)37(30(29)32(40)35-36)19-21-15-17-24(18-16-21)28(23-11-5-6-12-23)31(39)34-26(20-38)22-9-3-2-4-10-22/h2-4,7-10,13-18,23,26,28,38H,5-6,11-12,19-20H2,1H3,(H,34,39)(H,35,40)/t26-,28?/m0/s1. The molecule has 2 heterocycles. The van der Waals surface area contributed by atoms with Gasteiger partial charge in [0.2, 0.25) is 5.91 Å². The second kappa shape index (κ2) is 11.2. The molecule has 1 unspecified atom stereocenters. The predicted molar refractivity (Wildman–Crippen MR) is 160 cm³/mol. The van der Waals surface area contributed by atoms with E-state index in [1.807, 2.05) is 83.4 Å². The van der Waals surface area contributed by atoms with E-state index in [1.54, 1.807) is 7.05 Å². The fourth-order valence-corrected chi connectivity index (χ4v) is 6.47. The van der Waals surface area contributed by atoms with Crippen molar-refractivity contribution in [3.8, 4) is 0 Å². The van der Waals surface area contributed by atoms with Gasteiger partial charge < -0.3 is 15.0 Å². The number of hydrogen-bond acceptors (Lipinski definition) is 4. The molecule has 0 radical (unpaired) electrons. The highest BCUT2D eigenvalue weighted by Crippen LogP contribution is 2.38. The minimum atomic E-state index is -0.465. The third-order valence-electron chi connectivity index (χ3n) is 8.51. The Hall–Kier alpha value is -4.43. The number of carbonyl (C=O) groups excluding carboxylic acids is 1. The van der Waals surface area contributed by atoms with E-state index in [0.717, 1.165) is 53.3 Å². The Kier molecular flexibility index (Phi) is 7.32. The van der Waals surface area contributed by atoms with Gasteiger partial charge in [0, 0.05) is 24.5 Å². The molecule has 5 aromatic rings. The van der Waals surface area contributed by atoms with Gasteiger partial charge in [0.25, 0.3) is 11.1 Å². The summed E-state index contributed by atoms with van der Waals surface area (Å²) in [5, 5.41) is 16.9. The number of aliphatic hydroxyl groups is 1. The van der Waals surface area contributed by atoms with Crippen molar-refractivity contribution >= 4 is 27.7 Å². The minimum absolute atomic E-state index is 0.0719. The van der Waals surface area contributed by atoms with Crippen LogP contribution in [-0.2, 0) is 18.4 Å². The maximum atomic E-state index is 13.7. The lowest BCUT2D eigenvalue weighted by Crippen LogP contribution is -2.37. The molecule has 0 bridgehead atoms. The van der Waals surface area contributed by atoms with Crippen LogP contribution in [0.4, 0.5) is 0 Å². The number of H-pyrrole nitrogens is 1. The molecule has 1 aliphatic rings. The largest absolute Gasteiger partial charge is 0.394 e. The highest BCUT2D eigenvalue weighted by molar-refractivity contribution is 6.07. The van der Waals surface area contributed by atoms with Crippen LogP contribution in [0, 0.1) is 5.92 Å². The van der Waals surface area contributed by atoms with Gasteiger partial charge in [-0.2, -0.15) is 0 Å². The molecule has 1 fully saturated rings. The number of rotatable bonds is 8. The summed E-state index contributed by atoms with van der Waals surface area (Å²) < 4.78 is 3.12. The van der Waals surface area contributed by atoms with Crippen LogP contribution >= 0.6 is 0 Å². The smallest absolute Gasteiger partial charge is 0.287 e. The first-order chi connectivity index (χ1) is 20.0. The second-order valence-corrected chi connectivity index (χ2v) is 11.1. The molecule has 8 heteroatoms. The van der Waals surface area contributed by atoms with E-state index in [9.17, 15) is 19.5 Å². The zero-order valence-electron chi connectivity index (χ0n) is 23.0. The lowest BCUT2D eigenvalue weighted by atomic mass is 9.83. The number of para-hydroxylation sites is 1. The van der Waals surface area contributed by atoms with Crippen LogP contribution in [0.25, 0.3) is 21.8 Å². The first-order valence-electron chi connectivity index (χ1n) is 14.2. The van der Waals surface area contributed by atoms with Gasteiger partial charge in [-0.3, -0.25) is 24.2 Å². The Morgan fingerprint density at radius 3 is 2.34 bits per heavy atom. The van der Waals surface area contributed by atoms with E-state index in [2.05, 4.69) is 10.4 Å². The summed E-state index contributed by atoms with van der Waals surface area (Å²) in [6.45, 7) is 0.231. The number of benzene rings is 3. The summed E-state index contributed by atoms with van der Waals surface area (Å²) >= 11 is 0. The quantitative estimate of drug-likeness (QED) is 0.267. The molecule has 2 aromatic heterocycles. The van der Waals surface area contributed by atoms with E-state index in [0.29, 0.717) is 17.4 Å². The summed E-state index contributed by atoms with van der Waals surface area (Å²) in [5.74, 6) is -0.149. The maximum Gasteiger partial charge on any atom is 0.287 e. The van der Waals surface area contributed by atoms with E-state index >= 15 is 0 Å². The van der Waals surface area contributed by atoms with Crippen LogP contribution in [0.5, 0.6) is 0 Å². The van der Waals surface area contributed by atoms with Crippen LogP contribution in [0.15, 0.2) is 88.5 Å². The van der Waals surface area contributed by atoms with Crippen molar-refractivity contribution in [3.63, 3.8) is 0 Å². The molecule has 6 rings (SSSR count). The Bertz CT molecular complexity index is 1810. The molecule has 8 nitrogen and oxygen atoms in total. The predicted octanol–water partition coefficient (Wildman–Crippen LogP) is 4.35. The number of hydrogen-bond donors (Lipinski definition) is 3. The van der Waals surface area contributed by atoms with E-state index in [4.69, 9.17) is 0 Å². The van der Waals surface area contributed by atoms with Gasteiger partial charge in [-0.1, -0.05) is 85.6 Å². The molecule has 210 valence electrons. The number of amides is 1. The molecular weight excluding hydrogens is 516 g/mol. The molecule has 1 amide bonds. The van der Waals surface area contributed by atoms with Crippen LogP contribution < -0.4 is 16.4 Å². The normalized spacial score (nSPS) is 15.4. The van der Waals surface area contributed by atoms with Gasteiger partial charge in [0.05, 0.1) is 24.0 Å². The van der Waals surface area contributed by atoms with E-state index < -0.39 is 6.04 Å². The zero-order valence-corrected chi connectivity index (χ0v) is 23.0. The molecule has 0 aliphatic heterocycles. The molecule has 2 atom stereocenters. The van der Waals surface area contributed by atoms with Gasteiger partial charge in [-0.15, -0.1) is 0 Å². The van der Waals surface area contributed by atoms with Gasteiger partial charge in [0.1, 0.15) is 5.52 Å². The van der Waals surface area contributed by atoms with Crippen LogP contribution in [-0.4, -0.2) is 32.0 Å². The number of aryl methyl sites for hydroxylation is 1. The Morgan fingerprint density at radius 1 is 0.951 bits per heavy atom. The molecule has 1 aliphatic carbocycles. The maximum absolute atomic E-state index is 13.7. The highest BCUT2D eigenvalue weighted by atomic mass is 16.3. The van der Waals surface area contributed by atoms with Crippen molar-refractivity contribution in [1.82, 2.24) is 19.7 Å². The molecule has 3 N–H and O–H groups in total. The lowest BCUT2D eigenvalue weighted by Gasteiger charge is -2.26. The third kappa shape index (κ3) is 5.00. The SMILES string of the molecule is Cn1[nH]c(=O)c2c(c1=O)c1ccccc1n2Cc1ccc(C(C(=O)N[C@@H](CO)c2ccccc2)C2CCCC2)cc1. The topological polar surface area (TPSA) is 109 Å². The van der Waals surface area contributed by atoms with Gasteiger partial charge in [-0.25, -0.2) is 0 Å². The van der Waals surface area contributed by atoms with E-state index in [1.165, 1.54) is 4.68 Å². The third-order valence-corrected chi connectivity index (χ3v) is 8.51. The van der Waals surface area contributed by atoms with Crippen molar-refractivity contribution < 1.29 is 9.90 Å². The average molecular weight is 551 g/mol. The van der Waals surface area contributed by atoms with Crippen LogP contribution in [0.2, 0.25) is 0 Å². The first kappa shape index (κ1) is 26.8. The van der Waals surface area contributed by atoms with Gasteiger partial charge in [-0.05, 0) is 41.5 Å². The van der Waals surface area contributed by atoms with Crippen LogP contribution in [0.1, 0.15) is 54.3 Å². The summed E-state index contributed by atoms with van der Waals surface area (Å²) in [7, 11) is 1.55. The summed E-state index contributed by atoms with van der Waals surface area (Å²) in [6.07, 6.45) is 4.20. The number of aromatic amines is 1. The highest BCUT2D eigenvalue weighted by Gasteiger charge is 2.33. The average Bonchev–Trinajstić information content (AvgIpc) is 3.63. The molecule has 0 saturated heterocycles. The van der Waals surface area contributed by atoms with Gasteiger partial charge in [0.15, 0.2) is 0 Å². The summed E-state index contributed by atoms with van der Waals surface area (Å²) in [5.41, 5.74) is 3.39. The summed E-state index contributed by atoms with van der Waals surface area (Å²) in [4.78, 5) is 39.7. The van der Waals surface area contributed by atoms with Crippen LogP contribution in [0.3, 0.4) is 0 Å². The Morgan fingerprint density at radius 2 is 1.63 bits per heavy atom. The Labute approximate surface area is 237 Å². The number of carbonyl (C=O) groups is 1. The number of aromatic nitrogens is 3. The molecule has 41 heavy (non-hydrogen) atoms. The van der Waals surface area contributed by atoms with Crippen molar-refractivity contribution in [2.24, 2.45) is 13.0 Å². The van der Waals surface area contributed by atoms with Crippen molar-refractivity contribution in [1.29, 1.82) is 0 Å². The van der Waals surface area contributed by atoms with Crippen molar-refractivity contribution in [2.75, 3.05) is 6.61 Å². The monoisotopic (exact) mass is 550 g/mol. The fourth-order valence-electron chi connectivity index (χ4n) is 6.47. The fraction of sp³-hybridized carbons (Fsp3) is 0.303. The van der Waals surface area contributed by atoms with Gasteiger partial charge >= 0.3 is 0 Å². The molecule has 0 spiro atoms. The number of fused-ring (bicyclic) bond motifs is 3. The summed E-state index contributed by atoms with van der Waals surface area (Å²) in [6, 6.07) is 24.7. The number of nitrogens with zero attached hydrogens (tertiary/aromatic N) is 2. The Balaban J connectivity index is 1.33. The zero-order chi connectivity index (χ0) is 28.5. The van der Waals surface area contributed by atoms with Crippen molar-refractivity contribution in [3.05, 3.63) is 116 Å². The molecular formula is C33H34N4O4. The molecule has 1 saturated carbocycles. The minimum Gasteiger partial charge on any atom is -0.394 e. The number of aliphatic hydroxyl groups excluding tert-OH is 1. The lowest BCUT2D eigenvalue weighted by molar-refractivity contribution is -0.124. The van der Waals surface area contributed by atoms with E-state index in [-0.39, 0.29) is 35.5 Å². The number of nitrogens with one attached hydrogen (secondary N) is 2. The first-order valence-corrected chi connectivity index (χ1v) is 14.2. The second-order valence-electron chi connectivity index (χ2n) is 11.1.